The van der Waals surface area contributed by atoms with Gasteiger partial charge < -0.3 is 15.8 Å². The van der Waals surface area contributed by atoms with Crippen molar-refractivity contribution in [3.05, 3.63) is 93.5 Å². The van der Waals surface area contributed by atoms with E-state index in [-0.39, 0.29) is 35.0 Å². The van der Waals surface area contributed by atoms with Gasteiger partial charge in [-0.1, -0.05) is 54.2 Å². The molecule has 10 heteroatoms. The molecule has 0 unspecified atom stereocenters. The Bertz CT molecular complexity index is 1280. The van der Waals surface area contributed by atoms with Crippen molar-refractivity contribution < 1.29 is 23.5 Å². The smallest absolute Gasteiger partial charge is 0.307 e. The number of esters is 1. The molecule has 2 atom stereocenters. The summed E-state index contributed by atoms with van der Waals surface area (Å²) in [4.78, 5) is 39.7. The van der Waals surface area contributed by atoms with Gasteiger partial charge in [0.2, 0.25) is 5.91 Å². The number of methoxy groups -OCH3 is 1. The number of nitrogens with two attached hydrogens (primary N) is 1. The average Bonchev–Trinajstić information content (AvgIpc) is 3.19. The van der Waals surface area contributed by atoms with E-state index in [0.717, 1.165) is 22.2 Å². The fraction of sp³-hybridized carbons (Fsp3) is 0.200. The van der Waals surface area contributed by atoms with E-state index in [1.807, 2.05) is 36.4 Å². The second kappa shape index (κ2) is 10.0. The number of thioether (sulfide) groups is 1. The van der Waals surface area contributed by atoms with Gasteiger partial charge in [-0.25, -0.2) is 4.39 Å². The molecule has 35 heavy (non-hydrogen) atoms. The lowest BCUT2D eigenvalue weighted by Crippen LogP contribution is -2.40. The Hall–Kier alpha value is -4.10. The van der Waals surface area contributed by atoms with Crippen molar-refractivity contribution in [2.45, 2.75) is 24.1 Å². The van der Waals surface area contributed by atoms with E-state index in [2.05, 4.69) is 5.32 Å². The van der Waals surface area contributed by atoms with Crippen molar-refractivity contribution in [3.8, 4) is 6.07 Å². The molecule has 2 amide bonds. The summed E-state index contributed by atoms with van der Waals surface area (Å²) in [6, 6.07) is 16.7. The summed E-state index contributed by atoms with van der Waals surface area (Å²) in [7, 11) is 1.22. The third-order valence-corrected chi connectivity index (χ3v) is 7.00. The van der Waals surface area contributed by atoms with Crippen molar-refractivity contribution in [2.24, 2.45) is 5.73 Å². The molecular weight excluding hydrogens is 471 g/mol. The average molecular weight is 493 g/mol. The van der Waals surface area contributed by atoms with Crippen molar-refractivity contribution in [2.75, 3.05) is 7.11 Å². The van der Waals surface area contributed by atoms with E-state index in [9.17, 15) is 24.0 Å². The summed E-state index contributed by atoms with van der Waals surface area (Å²) in [5, 5.41) is 12.2. The van der Waals surface area contributed by atoms with Crippen LogP contribution in [0.1, 0.15) is 23.5 Å². The lowest BCUT2D eigenvalue weighted by atomic mass is 9.82. The monoisotopic (exact) mass is 492 g/mol. The van der Waals surface area contributed by atoms with Crippen LogP contribution in [0.4, 0.5) is 4.39 Å². The molecule has 0 aliphatic carbocycles. The maximum Gasteiger partial charge on any atom is 0.307 e. The molecular formula is C25H21FN4O4S. The van der Waals surface area contributed by atoms with E-state index < -0.39 is 34.8 Å². The number of amides is 2. The molecule has 4 rings (SSSR count). The molecule has 2 aromatic rings. The summed E-state index contributed by atoms with van der Waals surface area (Å²) >= 11 is 1.02. The maximum absolute atomic E-state index is 13.7. The molecule has 0 bridgehead atoms. The van der Waals surface area contributed by atoms with Gasteiger partial charge in [0.1, 0.15) is 16.9 Å². The summed E-state index contributed by atoms with van der Waals surface area (Å²) in [5.41, 5.74) is 7.70. The maximum atomic E-state index is 13.7. The highest BCUT2D eigenvalue weighted by Crippen LogP contribution is 2.49. The van der Waals surface area contributed by atoms with Crippen LogP contribution in [0.15, 0.2) is 76.6 Å². The topological polar surface area (TPSA) is 126 Å². The SMILES string of the molecule is COC(=O)C[C@@H]1SC2=C(C(=O)NCc3ccccc3)[C@H](c3ccc(F)cc3)C(C#N)=C(N)N2C1=O. The van der Waals surface area contributed by atoms with Gasteiger partial charge in [0, 0.05) is 6.54 Å². The molecule has 1 saturated heterocycles. The zero-order valence-electron chi connectivity index (χ0n) is 18.7. The Morgan fingerprint density at radius 1 is 1.20 bits per heavy atom. The normalized spacial score (nSPS) is 19.3. The third kappa shape index (κ3) is 4.63. The molecule has 178 valence electrons. The van der Waals surface area contributed by atoms with Crippen LogP contribution in [0.3, 0.4) is 0 Å². The second-order valence-electron chi connectivity index (χ2n) is 7.84. The molecule has 0 radical (unpaired) electrons. The standard InChI is InChI=1S/C25H21FN4O4S/c1-34-19(31)11-18-24(33)30-22(28)17(12-27)20(15-7-9-16(26)10-8-15)21(25(30)35-18)23(32)29-13-14-5-3-2-4-6-14/h2-10,18,20H,11,13,28H2,1H3,(H,29,32)/t18-,20+/m0/s1. The van der Waals surface area contributed by atoms with Gasteiger partial charge in [-0.15, -0.1) is 0 Å². The van der Waals surface area contributed by atoms with Crippen LogP contribution in [0.25, 0.3) is 0 Å². The van der Waals surface area contributed by atoms with Gasteiger partial charge >= 0.3 is 5.97 Å². The number of nitriles is 1. The van der Waals surface area contributed by atoms with Crippen LogP contribution < -0.4 is 11.1 Å². The Kier molecular flexibility index (Phi) is 6.89. The molecule has 3 N–H and O–H groups in total. The first kappa shape index (κ1) is 24.0. The van der Waals surface area contributed by atoms with E-state index in [0.29, 0.717) is 5.56 Å². The number of carbonyl (C=O) groups excluding carboxylic acids is 3. The molecule has 0 spiro atoms. The Labute approximate surface area is 205 Å². The van der Waals surface area contributed by atoms with E-state index >= 15 is 0 Å². The van der Waals surface area contributed by atoms with Crippen molar-refractivity contribution >= 4 is 29.5 Å². The predicted octanol–water partition coefficient (Wildman–Crippen LogP) is 2.65. The number of benzene rings is 2. The highest BCUT2D eigenvalue weighted by atomic mass is 32.2. The molecule has 2 heterocycles. The predicted molar refractivity (Wildman–Crippen MR) is 126 cm³/mol. The zero-order chi connectivity index (χ0) is 25.1. The number of carbonyl (C=O) groups is 3. The largest absolute Gasteiger partial charge is 0.469 e. The van der Waals surface area contributed by atoms with E-state index in [4.69, 9.17) is 10.5 Å². The minimum absolute atomic E-state index is 0.0158. The summed E-state index contributed by atoms with van der Waals surface area (Å²) < 4.78 is 18.3. The number of halogens is 1. The van der Waals surface area contributed by atoms with Gasteiger partial charge in [-0.3, -0.25) is 19.3 Å². The Morgan fingerprint density at radius 2 is 1.89 bits per heavy atom. The minimum atomic E-state index is -0.931. The first-order chi connectivity index (χ1) is 16.8. The van der Waals surface area contributed by atoms with Gasteiger partial charge in [-0.05, 0) is 23.3 Å². The highest BCUT2D eigenvalue weighted by molar-refractivity contribution is 8.04. The first-order valence-corrected chi connectivity index (χ1v) is 11.5. The molecule has 2 aliphatic heterocycles. The molecule has 0 aromatic heterocycles. The van der Waals surface area contributed by atoms with Gasteiger partial charge in [0.25, 0.3) is 5.91 Å². The van der Waals surface area contributed by atoms with Gasteiger partial charge in [0.05, 0.1) is 41.7 Å². The minimum Gasteiger partial charge on any atom is -0.469 e. The third-order valence-electron chi connectivity index (χ3n) is 5.72. The van der Waals surface area contributed by atoms with Crippen molar-refractivity contribution in [1.82, 2.24) is 10.2 Å². The number of rotatable bonds is 6. The molecule has 2 aliphatic rings. The van der Waals surface area contributed by atoms with Gasteiger partial charge in [-0.2, -0.15) is 5.26 Å². The van der Waals surface area contributed by atoms with E-state index in [1.54, 1.807) is 0 Å². The zero-order valence-corrected chi connectivity index (χ0v) is 19.5. The van der Waals surface area contributed by atoms with E-state index in [1.165, 1.54) is 31.4 Å². The van der Waals surface area contributed by atoms with Gasteiger partial charge in [0.15, 0.2) is 0 Å². The van der Waals surface area contributed by atoms with Crippen LogP contribution in [0.2, 0.25) is 0 Å². The lowest BCUT2D eigenvalue weighted by Gasteiger charge is -2.32. The quantitative estimate of drug-likeness (QED) is 0.594. The number of ether oxygens (including phenoxy) is 1. The molecule has 8 nitrogen and oxygen atoms in total. The number of nitrogens with zero attached hydrogens (tertiary/aromatic N) is 2. The summed E-state index contributed by atoms with van der Waals surface area (Å²) in [5.74, 6) is -3.16. The van der Waals surface area contributed by atoms with Crippen molar-refractivity contribution in [1.29, 1.82) is 5.26 Å². The van der Waals surface area contributed by atoms with Crippen molar-refractivity contribution in [3.63, 3.8) is 0 Å². The second-order valence-corrected chi connectivity index (χ2v) is 9.03. The number of hydrogen-bond acceptors (Lipinski definition) is 7. The highest BCUT2D eigenvalue weighted by Gasteiger charge is 2.48. The number of allylic oxidation sites excluding steroid dienone is 1. The first-order valence-electron chi connectivity index (χ1n) is 10.6. The summed E-state index contributed by atoms with van der Waals surface area (Å²) in [6.07, 6.45) is -0.227. The van der Waals surface area contributed by atoms with Crippen LogP contribution >= 0.6 is 11.8 Å². The molecule has 0 saturated carbocycles. The number of hydrogen-bond donors (Lipinski definition) is 2. The fourth-order valence-corrected chi connectivity index (χ4v) is 5.33. The fourth-order valence-electron chi connectivity index (χ4n) is 4.01. The Balaban J connectivity index is 1.81. The molecule has 1 fully saturated rings. The van der Waals surface area contributed by atoms with Crippen LogP contribution in [-0.2, 0) is 25.7 Å². The van der Waals surface area contributed by atoms with Crippen LogP contribution in [-0.4, -0.2) is 35.0 Å². The summed E-state index contributed by atoms with van der Waals surface area (Å²) in [6.45, 7) is 0.206. The lowest BCUT2D eigenvalue weighted by molar-refractivity contribution is -0.142. The van der Waals surface area contributed by atoms with Crippen LogP contribution in [0, 0.1) is 17.1 Å². The van der Waals surface area contributed by atoms with Crippen LogP contribution in [0.5, 0.6) is 0 Å². The number of nitrogens with one attached hydrogen (secondary N) is 1. The number of fused-ring (bicyclic) bond motifs is 1. The molecule has 2 aromatic carbocycles. The Morgan fingerprint density at radius 3 is 2.51 bits per heavy atom.